The van der Waals surface area contributed by atoms with Crippen LogP contribution in [0.1, 0.15) is 17.0 Å². The Kier molecular flexibility index (Phi) is 3.26. The van der Waals surface area contributed by atoms with Gasteiger partial charge in [-0.15, -0.1) is 10.2 Å². The normalized spacial score (nSPS) is 14.1. The molecule has 0 atom stereocenters. The third-order valence-electron chi connectivity index (χ3n) is 3.25. The highest BCUT2D eigenvalue weighted by atomic mass is 32.1. The van der Waals surface area contributed by atoms with E-state index in [0.717, 1.165) is 5.56 Å². The summed E-state index contributed by atoms with van der Waals surface area (Å²) in [4.78, 5) is 24.1. The van der Waals surface area contributed by atoms with Crippen LogP contribution in [0, 0.1) is 10.1 Å². The standard InChI is InChI=1S/C12H11N5O3S/c13-12-15-14-10(21-12)6-16-9-3-2-8(17(19)20)5-7(9)1-4-11(16)18/h2-3,5H,1,4,6H2,(H2,13,15). The van der Waals surface area contributed by atoms with Gasteiger partial charge in [0.05, 0.1) is 11.5 Å². The number of aromatic nitrogens is 2. The number of carbonyl (C=O) groups excluding carboxylic acids is 1. The van der Waals surface area contributed by atoms with Crippen LogP contribution in [-0.2, 0) is 17.8 Å². The van der Waals surface area contributed by atoms with Crippen molar-refractivity contribution in [2.24, 2.45) is 0 Å². The Bertz CT molecular complexity index is 729. The van der Waals surface area contributed by atoms with Crippen molar-refractivity contribution in [3.8, 4) is 0 Å². The van der Waals surface area contributed by atoms with Crippen LogP contribution in [0.5, 0.6) is 0 Å². The van der Waals surface area contributed by atoms with Gasteiger partial charge in [0.15, 0.2) is 0 Å². The van der Waals surface area contributed by atoms with Gasteiger partial charge in [0, 0.05) is 24.2 Å². The molecular weight excluding hydrogens is 294 g/mol. The topological polar surface area (TPSA) is 115 Å². The largest absolute Gasteiger partial charge is 0.374 e. The molecule has 0 spiro atoms. The lowest BCUT2D eigenvalue weighted by Gasteiger charge is -2.28. The van der Waals surface area contributed by atoms with Gasteiger partial charge in [-0.2, -0.15) is 0 Å². The number of nitrogen functional groups attached to an aromatic ring is 1. The number of nitro groups is 1. The van der Waals surface area contributed by atoms with E-state index in [2.05, 4.69) is 10.2 Å². The fourth-order valence-electron chi connectivity index (χ4n) is 2.30. The van der Waals surface area contributed by atoms with Gasteiger partial charge in [-0.05, 0) is 18.1 Å². The van der Waals surface area contributed by atoms with E-state index < -0.39 is 4.92 Å². The van der Waals surface area contributed by atoms with Gasteiger partial charge in [0.1, 0.15) is 5.01 Å². The average molecular weight is 305 g/mol. The third-order valence-corrected chi connectivity index (χ3v) is 3.99. The van der Waals surface area contributed by atoms with Crippen LogP contribution < -0.4 is 10.6 Å². The molecule has 2 aromatic rings. The molecule has 1 aliphatic rings. The first-order valence-corrected chi connectivity index (χ1v) is 7.02. The maximum atomic E-state index is 12.1. The predicted molar refractivity (Wildman–Crippen MR) is 76.9 cm³/mol. The summed E-state index contributed by atoms with van der Waals surface area (Å²) < 4.78 is 0. The lowest BCUT2D eigenvalue weighted by molar-refractivity contribution is -0.384. The number of nitro benzene ring substituents is 1. The molecule has 1 aliphatic heterocycles. The van der Waals surface area contributed by atoms with Crippen molar-refractivity contribution in [1.29, 1.82) is 0 Å². The monoisotopic (exact) mass is 305 g/mol. The molecule has 0 radical (unpaired) electrons. The molecule has 0 saturated carbocycles. The molecule has 3 rings (SSSR count). The van der Waals surface area contributed by atoms with Crippen molar-refractivity contribution < 1.29 is 9.72 Å². The number of aryl methyl sites for hydroxylation is 1. The van der Waals surface area contributed by atoms with Crippen molar-refractivity contribution in [3.05, 3.63) is 38.9 Å². The number of hydrogen-bond donors (Lipinski definition) is 1. The minimum absolute atomic E-state index is 0.0307. The van der Waals surface area contributed by atoms with Crippen molar-refractivity contribution in [2.75, 3.05) is 10.6 Å². The minimum atomic E-state index is -0.438. The van der Waals surface area contributed by atoms with Crippen molar-refractivity contribution >= 4 is 33.8 Å². The molecule has 2 heterocycles. The molecule has 0 fully saturated rings. The maximum Gasteiger partial charge on any atom is 0.269 e. The first-order chi connectivity index (χ1) is 10.0. The molecule has 2 N–H and O–H groups in total. The first kappa shape index (κ1) is 13.4. The Morgan fingerprint density at radius 2 is 2.19 bits per heavy atom. The lowest BCUT2D eigenvalue weighted by atomic mass is 10.0. The smallest absolute Gasteiger partial charge is 0.269 e. The highest BCUT2D eigenvalue weighted by Crippen LogP contribution is 2.32. The van der Waals surface area contributed by atoms with Crippen LogP contribution in [0.25, 0.3) is 0 Å². The molecule has 108 valence electrons. The minimum Gasteiger partial charge on any atom is -0.374 e. The lowest BCUT2D eigenvalue weighted by Crippen LogP contribution is -2.34. The second-order valence-electron chi connectivity index (χ2n) is 4.58. The Balaban J connectivity index is 1.95. The Hall–Kier alpha value is -2.55. The molecule has 21 heavy (non-hydrogen) atoms. The van der Waals surface area contributed by atoms with Gasteiger partial charge in [0.25, 0.3) is 5.69 Å². The van der Waals surface area contributed by atoms with Gasteiger partial charge < -0.3 is 10.6 Å². The average Bonchev–Trinajstić information content (AvgIpc) is 2.87. The number of hydrogen-bond acceptors (Lipinski definition) is 7. The number of carbonyl (C=O) groups is 1. The zero-order chi connectivity index (χ0) is 15.0. The number of anilines is 2. The molecule has 9 heteroatoms. The fraction of sp³-hybridized carbons (Fsp3) is 0.250. The number of amides is 1. The van der Waals surface area contributed by atoms with Crippen LogP contribution in [0.4, 0.5) is 16.5 Å². The van der Waals surface area contributed by atoms with Gasteiger partial charge >= 0.3 is 0 Å². The molecule has 8 nitrogen and oxygen atoms in total. The van der Waals surface area contributed by atoms with Gasteiger partial charge in [0.2, 0.25) is 11.0 Å². The Morgan fingerprint density at radius 1 is 1.38 bits per heavy atom. The van der Waals surface area contributed by atoms with E-state index in [1.54, 1.807) is 11.0 Å². The van der Waals surface area contributed by atoms with Crippen LogP contribution in [-0.4, -0.2) is 21.0 Å². The third kappa shape index (κ3) is 2.55. The zero-order valence-corrected chi connectivity index (χ0v) is 11.7. The highest BCUT2D eigenvalue weighted by Gasteiger charge is 2.26. The van der Waals surface area contributed by atoms with E-state index in [4.69, 9.17) is 5.73 Å². The van der Waals surface area contributed by atoms with Gasteiger partial charge in [-0.25, -0.2) is 0 Å². The Labute approximate surface area is 123 Å². The summed E-state index contributed by atoms with van der Waals surface area (Å²) in [6, 6.07) is 4.52. The van der Waals surface area contributed by atoms with E-state index in [-0.39, 0.29) is 18.1 Å². The van der Waals surface area contributed by atoms with Gasteiger partial charge in [-0.1, -0.05) is 11.3 Å². The summed E-state index contributed by atoms with van der Waals surface area (Å²) in [7, 11) is 0. The number of benzene rings is 1. The van der Waals surface area contributed by atoms with E-state index in [9.17, 15) is 14.9 Å². The molecule has 0 aliphatic carbocycles. The second-order valence-corrected chi connectivity index (χ2v) is 5.68. The van der Waals surface area contributed by atoms with Crippen LogP contribution in [0.2, 0.25) is 0 Å². The molecule has 1 aromatic carbocycles. The number of rotatable bonds is 3. The summed E-state index contributed by atoms with van der Waals surface area (Å²) in [5.74, 6) is -0.0369. The summed E-state index contributed by atoms with van der Waals surface area (Å²) in [6.07, 6.45) is 0.826. The second kappa shape index (κ2) is 5.09. The molecule has 0 unspecified atom stereocenters. The van der Waals surface area contributed by atoms with E-state index in [1.165, 1.54) is 23.5 Å². The van der Waals surface area contributed by atoms with Crippen molar-refractivity contribution in [2.45, 2.75) is 19.4 Å². The van der Waals surface area contributed by atoms with E-state index >= 15 is 0 Å². The summed E-state index contributed by atoms with van der Waals surface area (Å²) in [6.45, 7) is 0.276. The number of non-ortho nitro benzene ring substituents is 1. The van der Waals surface area contributed by atoms with Crippen molar-refractivity contribution in [1.82, 2.24) is 10.2 Å². The number of nitrogens with zero attached hydrogens (tertiary/aromatic N) is 4. The van der Waals surface area contributed by atoms with E-state index in [1.807, 2.05) is 0 Å². The SMILES string of the molecule is Nc1nnc(CN2C(=O)CCc3cc([N+](=O)[O-])ccc32)s1. The quantitative estimate of drug-likeness (QED) is 0.678. The molecule has 0 saturated heterocycles. The van der Waals surface area contributed by atoms with Crippen LogP contribution in [0.15, 0.2) is 18.2 Å². The fourth-order valence-corrected chi connectivity index (χ4v) is 2.90. The van der Waals surface area contributed by atoms with E-state index in [0.29, 0.717) is 28.7 Å². The highest BCUT2D eigenvalue weighted by molar-refractivity contribution is 7.15. The summed E-state index contributed by atoms with van der Waals surface area (Å²) in [5.41, 5.74) is 7.04. The van der Waals surface area contributed by atoms with Crippen molar-refractivity contribution in [3.63, 3.8) is 0 Å². The Morgan fingerprint density at radius 3 is 2.86 bits per heavy atom. The molecule has 1 amide bonds. The number of nitrogens with two attached hydrogens (primary N) is 1. The first-order valence-electron chi connectivity index (χ1n) is 6.20. The maximum absolute atomic E-state index is 12.1. The van der Waals surface area contributed by atoms with Crippen LogP contribution in [0.3, 0.4) is 0 Å². The summed E-state index contributed by atoms with van der Waals surface area (Å²) >= 11 is 1.22. The summed E-state index contributed by atoms with van der Waals surface area (Å²) in [5, 5.41) is 19.4. The zero-order valence-electron chi connectivity index (χ0n) is 10.9. The van der Waals surface area contributed by atoms with Gasteiger partial charge in [-0.3, -0.25) is 14.9 Å². The molecular formula is C12H11N5O3S. The molecule has 0 bridgehead atoms. The predicted octanol–water partition coefficient (Wildman–Crippen LogP) is 1.51. The van der Waals surface area contributed by atoms with Crippen LogP contribution >= 0.6 is 11.3 Å². The molecule has 1 aromatic heterocycles. The number of fused-ring (bicyclic) bond motifs is 1.